The number of benzene rings is 1. The van der Waals surface area contributed by atoms with Crippen LogP contribution in [0.25, 0.3) is 0 Å². The van der Waals surface area contributed by atoms with E-state index in [9.17, 15) is 4.39 Å². The minimum Gasteiger partial charge on any atom is -0.395 e. The predicted octanol–water partition coefficient (Wildman–Crippen LogP) is 2.75. The van der Waals surface area contributed by atoms with Gasteiger partial charge < -0.3 is 14.6 Å². The Morgan fingerprint density at radius 2 is 1.95 bits per heavy atom. The quantitative estimate of drug-likeness (QED) is 0.592. The van der Waals surface area contributed by atoms with E-state index in [-0.39, 0.29) is 12.4 Å². The van der Waals surface area contributed by atoms with E-state index in [0.29, 0.717) is 44.3 Å². The lowest BCUT2D eigenvalue weighted by Crippen LogP contribution is -2.08. The number of aliphatic hydroxyl groups excluding tert-OH is 1. The first-order chi connectivity index (χ1) is 10.1. The Hall–Kier alpha value is -1.41. The Labute approximate surface area is 126 Å². The Morgan fingerprint density at radius 1 is 1.19 bits per heavy atom. The van der Waals surface area contributed by atoms with E-state index >= 15 is 0 Å². The molecule has 0 saturated heterocycles. The lowest BCUT2D eigenvalue weighted by molar-refractivity contribution is 0.0314. The minimum absolute atomic E-state index is 0.00859. The fraction of sp³-hybridized carbons (Fsp3) is 0.529. The highest BCUT2D eigenvalue weighted by Crippen LogP contribution is 2.10. The van der Waals surface area contributed by atoms with Crippen LogP contribution in [0.5, 0.6) is 0 Å². The van der Waals surface area contributed by atoms with Gasteiger partial charge in [0.15, 0.2) is 0 Å². The Kier molecular flexibility index (Phi) is 8.68. The molecule has 0 bridgehead atoms. The molecule has 0 fully saturated rings. The SMILES string of the molecule is CC(C)COCCOCc1cc(F)cc(C#CCCO)c1. The van der Waals surface area contributed by atoms with Crippen LogP contribution in [-0.2, 0) is 16.1 Å². The highest BCUT2D eigenvalue weighted by molar-refractivity contribution is 5.37. The van der Waals surface area contributed by atoms with Crippen LogP contribution in [0.1, 0.15) is 31.4 Å². The summed E-state index contributed by atoms with van der Waals surface area (Å²) >= 11 is 0. The van der Waals surface area contributed by atoms with Crippen LogP contribution in [-0.4, -0.2) is 31.5 Å². The van der Waals surface area contributed by atoms with Gasteiger partial charge in [-0.1, -0.05) is 25.7 Å². The molecule has 0 unspecified atom stereocenters. The van der Waals surface area contributed by atoms with E-state index in [4.69, 9.17) is 14.6 Å². The third-order valence-electron chi connectivity index (χ3n) is 2.52. The molecule has 1 N–H and O–H groups in total. The second-order valence-electron chi connectivity index (χ2n) is 5.14. The highest BCUT2D eigenvalue weighted by atomic mass is 19.1. The average Bonchev–Trinajstić information content (AvgIpc) is 2.42. The molecule has 0 aliphatic rings. The zero-order chi connectivity index (χ0) is 15.5. The van der Waals surface area contributed by atoms with Crippen LogP contribution >= 0.6 is 0 Å². The predicted molar refractivity (Wildman–Crippen MR) is 80.3 cm³/mol. The molecule has 0 amide bonds. The molecule has 0 aromatic heterocycles. The number of aliphatic hydroxyl groups is 1. The van der Waals surface area contributed by atoms with E-state index in [0.717, 1.165) is 5.56 Å². The summed E-state index contributed by atoms with van der Waals surface area (Å²) in [5, 5.41) is 8.67. The maximum Gasteiger partial charge on any atom is 0.124 e. The summed E-state index contributed by atoms with van der Waals surface area (Å²) in [6.45, 7) is 6.26. The third kappa shape index (κ3) is 8.46. The van der Waals surface area contributed by atoms with Crippen LogP contribution in [0, 0.1) is 23.6 Å². The van der Waals surface area contributed by atoms with E-state index < -0.39 is 0 Å². The Balaban J connectivity index is 2.39. The second kappa shape index (κ2) is 10.3. The molecule has 116 valence electrons. The van der Waals surface area contributed by atoms with Gasteiger partial charge in [-0.15, -0.1) is 0 Å². The molecular formula is C17H23FO3. The van der Waals surface area contributed by atoms with Crippen LogP contribution < -0.4 is 0 Å². The maximum absolute atomic E-state index is 13.5. The summed E-state index contributed by atoms with van der Waals surface area (Å²) in [5.74, 6) is 5.77. The van der Waals surface area contributed by atoms with Crippen molar-refractivity contribution in [2.75, 3.05) is 26.4 Å². The zero-order valence-electron chi connectivity index (χ0n) is 12.7. The van der Waals surface area contributed by atoms with Crippen LogP contribution in [0.3, 0.4) is 0 Å². The largest absolute Gasteiger partial charge is 0.395 e. The van der Waals surface area contributed by atoms with Crippen molar-refractivity contribution in [3.05, 3.63) is 35.1 Å². The number of ether oxygens (including phenoxy) is 2. The summed E-state index contributed by atoms with van der Waals surface area (Å²) in [4.78, 5) is 0. The molecule has 4 heteroatoms. The summed E-state index contributed by atoms with van der Waals surface area (Å²) < 4.78 is 24.3. The van der Waals surface area contributed by atoms with Gasteiger partial charge in [-0.3, -0.25) is 0 Å². The normalized spacial score (nSPS) is 10.5. The highest BCUT2D eigenvalue weighted by Gasteiger charge is 2.00. The van der Waals surface area contributed by atoms with Crippen molar-refractivity contribution >= 4 is 0 Å². The minimum atomic E-state index is -0.333. The Bertz CT molecular complexity index is 475. The topological polar surface area (TPSA) is 38.7 Å². The van der Waals surface area contributed by atoms with Crippen molar-refractivity contribution in [3.63, 3.8) is 0 Å². The molecule has 1 aromatic rings. The first-order valence-electron chi connectivity index (χ1n) is 7.16. The smallest absolute Gasteiger partial charge is 0.124 e. The van der Waals surface area contributed by atoms with Crippen molar-refractivity contribution in [1.82, 2.24) is 0 Å². The fourth-order valence-electron chi connectivity index (χ4n) is 1.65. The maximum atomic E-state index is 13.5. The van der Waals surface area contributed by atoms with Gasteiger partial charge in [0, 0.05) is 18.6 Å². The van der Waals surface area contributed by atoms with E-state index in [1.807, 2.05) is 0 Å². The van der Waals surface area contributed by atoms with E-state index in [1.165, 1.54) is 12.1 Å². The van der Waals surface area contributed by atoms with Crippen molar-refractivity contribution in [1.29, 1.82) is 0 Å². The van der Waals surface area contributed by atoms with E-state index in [1.54, 1.807) is 6.07 Å². The van der Waals surface area contributed by atoms with Crippen LogP contribution in [0.15, 0.2) is 18.2 Å². The second-order valence-corrected chi connectivity index (χ2v) is 5.14. The Morgan fingerprint density at radius 3 is 2.67 bits per heavy atom. The monoisotopic (exact) mass is 294 g/mol. The van der Waals surface area contributed by atoms with Crippen molar-refractivity contribution in [3.8, 4) is 11.8 Å². The van der Waals surface area contributed by atoms with Crippen LogP contribution in [0.4, 0.5) is 4.39 Å². The third-order valence-corrected chi connectivity index (χ3v) is 2.52. The van der Waals surface area contributed by atoms with Gasteiger partial charge in [-0.2, -0.15) is 0 Å². The molecule has 1 aromatic carbocycles. The van der Waals surface area contributed by atoms with Gasteiger partial charge in [0.2, 0.25) is 0 Å². The van der Waals surface area contributed by atoms with Crippen molar-refractivity contribution in [2.45, 2.75) is 26.9 Å². The van der Waals surface area contributed by atoms with Gasteiger partial charge in [-0.25, -0.2) is 4.39 Å². The molecule has 0 spiro atoms. The van der Waals surface area contributed by atoms with Gasteiger partial charge in [0.1, 0.15) is 5.82 Å². The van der Waals surface area contributed by atoms with Gasteiger partial charge >= 0.3 is 0 Å². The van der Waals surface area contributed by atoms with E-state index in [2.05, 4.69) is 25.7 Å². The standard InChI is InChI=1S/C17H23FO3/c1-14(2)12-20-7-8-21-13-16-9-15(5-3-4-6-19)10-17(18)11-16/h9-11,14,19H,4,6-8,12-13H2,1-2H3. The summed E-state index contributed by atoms with van der Waals surface area (Å²) in [6, 6.07) is 4.61. The molecule has 0 aliphatic heterocycles. The molecule has 0 aliphatic carbocycles. The van der Waals surface area contributed by atoms with Gasteiger partial charge in [0.25, 0.3) is 0 Å². The van der Waals surface area contributed by atoms with Gasteiger partial charge in [-0.05, 0) is 29.7 Å². The van der Waals surface area contributed by atoms with Crippen molar-refractivity contribution in [2.24, 2.45) is 5.92 Å². The molecule has 0 atom stereocenters. The molecular weight excluding hydrogens is 271 g/mol. The molecule has 0 heterocycles. The molecule has 21 heavy (non-hydrogen) atoms. The first-order valence-corrected chi connectivity index (χ1v) is 7.16. The molecule has 1 rings (SSSR count). The van der Waals surface area contributed by atoms with Crippen LogP contribution in [0.2, 0.25) is 0 Å². The van der Waals surface area contributed by atoms with Crippen molar-refractivity contribution < 1.29 is 19.0 Å². The summed E-state index contributed by atoms with van der Waals surface area (Å²) in [5.41, 5.74) is 1.34. The fourth-order valence-corrected chi connectivity index (χ4v) is 1.65. The molecule has 3 nitrogen and oxygen atoms in total. The number of halogens is 1. The summed E-state index contributed by atoms with van der Waals surface area (Å²) in [6.07, 6.45) is 0.384. The lowest BCUT2D eigenvalue weighted by Gasteiger charge is -2.08. The molecule has 0 radical (unpaired) electrons. The number of hydrogen-bond acceptors (Lipinski definition) is 3. The van der Waals surface area contributed by atoms with Gasteiger partial charge in [0.05, 0.1) is 26.4 Å². The number of rotatable bonds is 8. The average molecular weight is 294 g/mol. The number of hydrogen-bond donors (Lipinski definition) is 1. The zero-order valence-corrected chi connectivity index (χ0v) is 12.7. The lowest BCUT2D eigenvalue weighted by atomic mass is 10.1. The molecule has 0 saturated carbocycles. The first kappa shape index (κ1) is 17.6. The summed E-state index contributed by atoms with van der Waals surface area (Å²) in [7, 11) is 0.